The van der Waals surface area contributed by atoms with Crippen LogP contribution in [-0.2, 0) is 19.9 Å². The summed E-state index contributed by atoms with van der Waals surface area (Å²) in [4.78, 5) is 41.6. The number of hydrogen-bond donors (Lipinski definition) is 1. The molecule has 2 fully saturated rings. The smallest absolute Gasteiger partial charge is 0.228 e. The first kappa shape index (κ1) is 20.4. The Morgan fingerprint density at radius 3 is 2.23 bits per heavy atom. The van der Waals surface area contributed by atoms with Crippen molar-refractivity contribution in [1.29, 1.82) is 0 Å². The maximum Gasteiger partial charge on any atom is 0.228 e. The van der Waals surface area contributed by atoms with Crippen LogP contribution in [0.3, 0.4) is 0 Å². The van der Waals surface area contributed by atoms with E-state index < -0.39 is 5.54 Å². The molecule has 1 unspecified atom stereocenters. The first-order chi connectivity index (χ1) is 14.5. The molecule has 0 bridgehead atoms. The minimum atomic E-state index is -1.10. The number of benzene rings is 2. The Balaban J connectivity index is 1.38. The van der Waals surface area contributed by atoms with Crippen molar-refractivity contribution in [1.82, 2.24) is 10.2 Å². The molecule has 0 radical (unpaired) electrons. The monoisotopic (exact) mass is 425 g/mol. The number of rotatable bonds is 5. The van der Waals surface area contributed by atoms with Gasteiger partial charge < -0.3 is 15.1 Å². The predicted octanol–water partition coefficient (Wildman–Crippen LogP) is 2.75. The number of carbonyl (C=O) groups is 3. The minimum absolute atomic E-state index is 0.00927. The van der Waals surface area contributed by atoms with Gasteiger partial charge in [-0.05, 0) is 36.2 Å². The second kappa shape index (κ2) is 8.48. The fourth-order valence-corrected chi connectivity index (χ4v) is 4.40. The van der Waals surface area contributed by atoms with Gasteiger partial charge in [-0.2, -0.15) is 0 Å². The molecule has 30 heavy (non-hydrogen) atoms. The van der Waals surface area contributed by atoms with Gasteiger partial charge in [0.25, 0.3) is 0 Å². The van der Waals surface area contributed by atoms with Crippen LogP contribution >= 0.6 is 11.6 Å². The molecule has 2 amide bonds. The molecule has 2 aliphatic heterocycles. The highest BCUT2D eigenvalue weighted by Crippen LogP contribution is 2.33. The van der Waals surface area contributed by atoms with E-state index in [4.69, 9.17) is 11.6 Å². The van der Waals surface area contributed by atoms with Gasteiger partial charge in [0.1, 0.15) is 5.54 Å². The van der Waals surface area contributed by atoms with Crippen molar-refractivity contribution < 1.29 is 14.4 Å². The van der Waals surface area contributed by atoms with Crippen LogP contribution in [0, 0.1) is 0 Å². The number of amides is 2. The molecule has 2 saturated heterocycles. The lowest BCUT2D eigenvalue weighted by atomic mass is 9.83. The summed E-state index contributed by atoms with van der Waals surface area (Å²) in [6.45, 7) is 2.74. The first-order valence-corrected chi connectivity index (χ1v) is 10.5. The van der Waals surface area contributed by atoms with Crippen LogP contribution in [0.15, 0.2) is 54.6 Å². The van der Waals surface area contributed by atoms with Crippen molar-refractivity contribution in [3.05, 3.63) is 65.2 Å². The Kier molecular flexibility index (Phi) is 5.77. The van der Waals surface area contributed by atoms with E-state index in [1.807, 2.05) is 59.5 Å². The van der Waals surface area contributed by atoms with Gasteiger partial charge in [-0.3, -0.25) is 14.4 Å². The molecular formula is C23H24ClN3O3. The minimum Gasteiger partial charge on any atom is -0.368 e. The maximum atomic E-state index is 12.9. The third-order valence-corrected chi connectivity index (χ3v) is 6.21. The summed E-state index contributed by atoms with van der Waals surface area (Å²) in [7, 11) is 0. The Bertz CT molecular complexity index is 940. The van der Waals surface area contributed by atoms with E-state index in [0.717, 1.165) is 24.3 Å². The quantitative estimate of drug-likeness (QED) is 0.748. The number of nitrogens with zero attached hydrogens (tertiary/aromatic N) is 2. The van der Waals surface area contributed by atoms with Crippen LogP contribution in [0.25, 0.3) is 0 Å². The fraction of sp³-hybridized carbons (Fsp3) is 0.348. The lowest BCUT2D eigenvalue weighted by Gasteiger charge is -2.37. The predicted molar refractivity (Wildman–Crippen MR) is 115 cm³/mol. The third-order valence-electron chi connectivity index (χ3n) is 5.95. The average Bonchev–Trinajstić information content (AvgIpc) is 3.07. The fourth-order valence-electron chi connectivity index (χ4n) is 4.27. The molecule has 2 heterocycles. The molecule has 7 heteroatoms. The molecule has 1 N–H and O–H groups in total. The molecule has 0 saturated carbocycles. The van der Waals surface area contributed by atoms with Gasteiger partial charge in [0.05, 0.1) is 6.42 Å². The number of Topliss-reactive ketones (excluding diaryl/α,β-unsaturated/α-hetero) is 1. The van der Waals surface area contributed by atoms with Gasteiger partial charge in [-0.25, -0.2) is 0 Å². The summed E-state index contributed by atoms with van der Waals surface area (Å²) in [5, 5.41) is 3.55. The Hall–Kier alpha value is -2.86. The molecular weight excluding hydrogens is 402 g/mol. The van der Waals surface area contributed by atoms with Crippen molar-refractivity contribution >= 4 is 34.9 Å². The molecule has 4 rings (SSSR count). The topological polar surface area (TPSA) is 69.7 Å². The van der Waals surface area contributed by atoms with E-state index in [9.17, 15) is 14.4 Å². The molecule has 0 aliphatic carbocycles. The van der Waals surface area contributed by atoms with Gasteiger partial charge >= 0.3 is 0 Å². The Labute approximate surface area is 180 Å². The zero-order chi connectivity index (χ0) is 21.1. The maximum absolute atomic E-state index is 12.9. The SMILES string of the molecule is O=C1CC(=O)C(CCC(=O)N2CCN(c3ccc(Cl)cc3)CC2)(c2ccccc2)N1. The normalized spacial score (nSPS) is 21.6. The summed E-state index contributed by atoms with van der Waals surface area (Å²) in [6.07, 6.45) is 0.350. The molecule has 2 aliphatic rings. The molecule has 1 atom stereocenters. The highest BCUT2D eigenvalue weighted by molar-refractivity contribution is 6.30. The Morgan fingerprint density at radius 2 is 1.63 bits per heavy atom. The van der Waals surface area contributed by atoms with E-state index in [2.05, 4.69) is 10.2 Å². The summed E-state index contributed by atoms with van der Waals surface area (Å²) in [5.74, 6) is -0.443. The number of ketones is 1. The third kappa shape index (κ3) is 4.05. The second-order valence-electron chi connectivity index (χ2n) is 7.76. The van der Waals surface area contributed by atoms with Crippen LogP contribution in [0.1, 0.15) is 24.8 Å². The van der Waals surface area contributed by atoms with E-state index >= 15 is 0 Å². The van der Waals surface area contributed by atoms with E-state index in [1.165, 1.54) is 0 Å². The largest absolute Gasteiger partial charge is 0.368 e. The molecule has 156 valence electrons. The van der Waals surface area contributed by atoms with Gasteiger partial charge in [0.15, 0.2) is 5.78 Å². The zero-order valence-corrected chi connectivity index (χ0v) is 17.4. The molecule has 0 spiro atoms. The summed E-state index contributed by atoms with van der Waals surface area (Å²) >= 11 is 5.96. The van der Waals surface area contributed by atoms with Crippen LogP contribution < -0.4 is 10.2 Å². The highest BCUT2D eigenvalue weighted by Gasteiger charge is 2.47. The number of hydrogen-bond acceptors (Lipinski definition) is 4. The standard InChI is InChI=1S/C23H24ClN3O3/c24-18-6-8-19(9-7-18)26-12-14-27(15-13-26)22(30)10-11-23(17-4-2-1-3-5-17)20(28)16-21(29)25-23/h1-9H,10-16H2,(H,25,29). The van der Waals surface area contributed by atoms with E-state index in [0.29, 0.717) is 18.1 Å². The van der Waals surface area contributed by atoms with Crippen molar-refractivity contribution in [3.8, 4) is 0 Å². The van der Waals surface area contributed by atoms with Crippen molar-refractivity contribution in [2.24, 2.45) is 0 Å². The van der Waals surface area contributed by atoms with Crippen LogP contribution in [0.4, 0.5) is 5.69 Å². The average molecular weight is 426 g/mol. The van der Waals surface area contributed by atoms with Crippen LogP contribution in [-0.4, -0.2) is 48.7 Å². The second-order valence-corrected chi connectivity index (χ2v) is 8.20. The van der Waals surface area contributed by atoms with Crippen molar-refractivity contribution in [2.75, 3.05) is 31.1 Å². The van der Waals surface area contributed by atoms with Gasteiger partial charge in [0, 0.05) is 43.3 Å². The molecule has 0 aromatic heterocycles. The lowest BCUT2D eigenvalue weighted by Crippen LogP contribution is -2.50. The number of nitrogens with one attached hydrogen (secondary N) is 1. The lowest BCUT2D eigenvalue weighted by molar-refractivity contribution is -0.132. The van der Waals surface area contributed by atoms with Crippen LogP contribution in [0.5, 0.6) is 0 Å². The van der Waals surface area contributed by atoms with Crippen LogP contribution in [0.2, 0.25) is 5.02 Å². The van der Waals surface area contributed by atoms with Crippen molar-refractivity contribution in [2.45, 2.75) is 24.8 Å². The first-order valence-electron chi connectivity index (χ1n) is 10.2. The number of halogens is 1. The van der Waals surface area contributed by atoms with E-state index in [-0.39, 0.29) is 36.9 Å². The molecule has 6 nitrogen and oxygen atoms in total. The molecule has 2 aromatic carbocycles. The zero-order valence-electron chi connectivity index (χ0n) is 16.6. The highest BCUT2D eigenvalue weighted by atomic mass is 35.5. The number of piperazine rings is 1. The van der Waals surface area contributed by atoms with Gasteiger partial charge in [-0.15, -0.1) is 0 Å². The van der Waals surface area contributed by atoms with Gasteiger partial charge in [-0.1, -0.05) is 41.9 Å². The Morgan fingerprint density at radius 1 is 0.967 bits per heavy atom. The van der Waals surface area contributed by atoms with E-state index in [1.54, 1.807) is 0 Å². The molecule has 2 aromatic rings. The summed E-state index contributed by atoms with van der Waals surface area (Å²) in [5.41, 5.74) is 0.731. The number of anilines is 1. The summed E-state index contributed by atoms with van der Waals surface area (Å²) < 4.78 is 0. The van der Waals surface area contributed by atoms with Crippen molar-refractivity contribution in [3.63, 3.8) is 0 Å². The van der Waals surface area contributed by atoms with Gasteiger partial charge in [0.2, 0.25) is 11.8 Å². The summed E-state index contributed by atoms with van der Waals surface area (Å²) in [6, 6.07) is 16.9. The number of carbonyl (C=O) groups excluding carboxylic acids is 3.